The van der Waals surface area contributed by atoms with Gasteiger partial charge in [-0.1, -0.05) is 61.5 Å². The molecule has 0 radical (unpaired) electrons. The lowest BCUT2D eigenvalue weighted by molar-refractivity contribution is 0.305. The van der Waals surface area contributed by atoms with E-state index in [-0.39, 0.29) is 0 Å². The summed E-state index contributed by atoms with van der Waals surface area (Å²) in [5.74, 6) is 0.924. The lowest BCUT2D eigenvalue weighted by Crippen LogP contribution is -2.11. The molecule has 0 bridgehead atoms. The Bertz CT molecular complexity index is 590. The SMILES string of the molecule is CC=Cc1ccccc1OCc1cccc(CNCC)c1. The van der Waals surface area contributed by atoms with Gasteiger partial charge in [-0.05, 0) is 30.7 Å². The van der Waals surface area contributed by atoms with Crippen molar-refractivity contribution in [1.29, 1.82) is 0 Å². The van der Waals surface area contributed by atoms with Gasteiger partial charge in [-0.15, -0.1) is 0 Å². The Kier molecular flexibility index (Phi) is 6.04. The van der Waals surface area contributed by atoms with Crippen molar-refractivity contribution in [2.75, 3.05) is 6.54 Å². The van der Waals surface area contributed by atoms with Crippen LogP contribution < -0.4 is 10.1 Å². The molecule has 110 valence electrons. The average molecular weight is 281 g/mol. The third kappa shape index (κ3) is 4.76. The number of nitrogens with one attached hydrogen (secondary N) is 1. The Morgan fingerprint density at radius 2 is 1.86 bits per heavy atom. The zero-order chi connectivity index (χ0) is 14.9. The molecule has 2 nitrogen and oxygen atoms in total. The first-order valence-corrected chi connectivity index (χ1v) is 7.46. The topological polar surface area (TPSA) is 21.3 Å². The largest absolute Gasteiger partial charge is 0.488 e. The van der Waals surface area contributed by atoms with E-state index in [1.54, 1.807) is 0 Å². The Hall–Kier alpha value is -2.06. The molecule has 21 heavy (non-hydrogen) atoms. The van der Waals surface area contributed by atoms with Gasteiger partial charge >= 0.3 is 0 Å². The normalized spacial score (nSPS) is 11.0. The highest BCUT2D eigenvalue weighted by Crippen LogP contribution is 2.21. The second kappa shape index (κ2) is 8.28. The second-order valence-corrected chi connectivity index (χ2v) is 4.93. The van der Waals surface area contributed by atoms with Crippen molar-refractivity contribution >= 4 is 6.08 Å². The number of hydrogen-bond acceptors (Lipinski definition) is 2. The summed E-state index contributed by atoms with van der Waals surface area (Å²) < 4.78 is 5.96. The van der Waals surface area contributed by atoms with Gasteiger partial charge in [-0.3, -0.25) is 0 Å². The first-order valence-electron chi connectivity index (χ1n) is 7.46. The van der Waals surface area contributed by atoms with Gasteiger partial charge in [-0.2, -0.15) is 0 Å². The second-order valence-electron chi connectivity index (χ2n) is 4.93. The Labute approximate surface area is 127 Å². The zero-order valence-corrected chi connectivity index (χ0v) is 12.8. The van der Waals surface area contributed by atoms with Crippen molar-refractivity contribution in [1.82, 2.24) is 5.32 Å². The molecular weight excluding hydrogens is 258 g/mol. The van der Waals surface area contributed by atoms with Crippen molar-refractivity contribution in [2.45, 2.75) is 27.0 Å². The number of rotatable bonds is 7. The molecule has 0 aliphatic heterocycles. The molecule has 1 N–H and O–H groups in total. The monoisotopic (exact) mass is 281 g/mol. The van der Waals surface area contributed by atoms with Crippen molar-refractivity contribution < 1.29 is 4.74 Å². The number of benzene rings is 2. The van der Waals surface area contributed by atoms with Crippen LogP contribution >= 0.6 is 0 Å². The Morgan fingerprint density at radius 3 is 2.67 bits per heavy atom. The molecule has 0 saturated carbocycles. The van der Waals surface area contributed by atoms with Crippen LogP contribution in [0.3, 0.4) is 0 Å². The molecule has 0 atom stereocenters. The smallest absolute Gasteiger partial charge is 0.127 e. The molecule has 0 unspecified atom stereocenters. The van der Waals surface area contributed by atoms with Crippen LogP contribution in [0.15, 0.2) is 54.6 Å². The fourth-order valence-electron chi connectivity index (χ4n) is 2.19. The lowest BCUT2D eigenvalue weighted by atomic mass is 10.1. The van der Waals surface area contributed by atoms with Gasteiger partial charge in [0.05, 0.1) is 0 Å². The Morgan fingerprint density at radius 1 is 1.05 bits per heavy atom. The minimum atomic E-state index is 0.592. The summed E-state index contributed by atoms with van der Waals surface area (Å²) in [5, 5.41) is 3.34. The first-order chi connectivity index (χ1) is 10.3. The van der Waals surface area contributed by atoms with E-state index in [0.717, 1.165) is 24.4 Å². The molecule has 2 aromatic carbocycles. The van der Waals surface area contributed by atoms with Crippen LogP contribution in [0.25, 0.3) is 6.08 Å². The Balaban J connectivity index is 2.03. The zero-order valence-electron chi connectivity index (χ0n) is 12.8. The van der Waals surface area contributed by atoms with Gasteiger partial charge in [-0.25, -0.2) is 0 Å². The molecule has 0 amide bonds. The van der Waals surface area contributed by atoms with Crippen LogP contribution in [0.1, 0.15) is 30.5 Å². The third-order valence-electron chi connectivity index (χ3n) is 3.23. The highest BCUT2D eigenvalue weighted by Gasteiger charge is 2.01. The summed E-state index contributed by atoms with van der Waals surface area (Å²) in [6.07, 6.45) is 4.09. The molecule has 0 aromatic heterocycles. The lowest BCUT2D eigenvalue weighted by Gasteiger charge is -2.10. The van der Waals surface area contributed by atoms with E-state index in [9.17, 15) is 0 Å². The maximum atomic E-state index is 5.96. The summed E-state index contributed by atoms with van der Waals surface area (Å²) in [5.41, 5.74) is 3.60. The van der Waals surface area contributed by atoms with Crippen LogP contribution in [0.4, 0.5) is 0 Å². The molecule has 0 heterocycles. The maximum Gasteiger partial charge on any atom is 0.127 e. The molecule has 0 aliphatic carbocycles. The van der Waals surface area contributed by atoms with Gasteiger partial charge in [0, 0.05) is 12.1 Å². The molecule has 2 aromatic rings. The fourth-order valence-corrected chi connectivity index (χ4v) is 2.19. The summed E-state index contributed by atoms with van der Waals surface area (Å²) in [4.78, 5) is 0. The number of hydrogen-bond donors (Lipinski definition) is 1. The van der Waals surface area contributed by atoms with Gasteiger partial charge in [0.25, 0.3) is 0 Å². The van der Waals surface area contributed by atoms with Crippen molar-refractivity contribution in [3.63, 3.8) is 0 Å². The van der Waals surface area contributed by atoms with E-state index >= 15 is 0 Å². The summed E-state index contributed by atoms with van der Waals surface area (Å²) in [6.45, 7) is 6.61. The van der Waals surface area contributed by atoms with Crippen LogP contribution in [-0.4, -0.2) is 6.54 Å². The summed E-state index contributed by atoms with van der Waals surface area (Å²) in [7, 11) is 0. The van der Waals surface area contributed by atoms with Crippen LogP contribution in [0.5, 0.6) is 5.75 Å². The van der Waals surface area contributed by atoms with E-state index in [2.05, 4.69) is 48.6 Å². The van der Waals surface area contributed by atoms with E-state index in [0.29, 0.717) is 6.61 Å². The van der Waals surface area contributed by atoms with Crippen molar-refractivity contribution in [3.8, 4) is 5.75 Å². The van der Waals surface area contributed by atoms with Crippen molar-refractivity contribution in [2.24, 2.45) is 0 Å². The third-order valence-corrected chi connectivity index (χ3v) is 3.23. The van der Waals surface area contributed by atoms with Gasteiger partial charge < -0.3 is 10.1 Å². The average Bonchev–Trinajstić information content (AvgIpc) is 2.53. The van der Waals surface area contributed by atoms with Crippen LogP contribution in [0.2, 0.25) is 0 Å². The summed E-state index contributed by atoms with van der Waals surface area (Å²) >= 11 is 0. The highest BCUT2D eigenvalue weighted by atomic mass is 16.5. The standard InChI is InChI=1S/C19H23NO/c1-3-8-18-11-5-6-12-19(18)21-15-17-10-7-9-16(13-17)14-20-4-2/h3,5-13,20H,4,14-15H2,1-2H3. The molecule has 0 spiro atoms. The number of para-hydroxylation sites is 1. The van der Waals surface area contributed by atoms with Gasteiger partial charge in [0.1, 0.15) is 12.4 Å². The molecule has 0 fully saturated rings. The first kappa shape index (κ1) is 15.3. The van der Waals surface area contributed by atoms with Crippen LogP contribution in [0, 0.1) is 0 Å². The van der Waals surface area contributed by atoms with Gasteiger partial charge in [0.15, 0.2) is 0 Å². The van der Waals surface area contributed by atoms with E-state index in [1.807, 2.05) is 31.2 Å². The maximum absolute atomic E-state index is 5.96. The minimum absolute atomic E-state index is 0.592. The quantitative estimate of drug-likeness (QED) is 0.811. The predicted octanol–water partition coefficient (Wildman–Crippen LogP) is 4.41. The molecule has 2 rings (SSSR count). The highest BCUT2D eigenvalue weighted by molar-refractivity contribution is 5.56. The number of allylic oxidation sites excluding steroid dienone is 1. The van der Waals surface area contributed by atoms with E-state index < -0.39 is 0 Å². The molecular formula is C19H23NO. The van der Waals surface area contributed by atoms with E-state index in [1.165, 1.54) is 11.1 Å². The molecule has 0 saturated heterocycles. The van der Waals surface area contributed by atoms with Crippen molar-refractivity contribution in [3.05, 3.63) is 71.3 Å². The number of ether oxygens (including phenoxy) is 1. The minimum Gasteiger partial charge on any atom is -0.488 e. The predicted molar refractivity (Wildman–Crippen MR) is 89.3 cm³/mol. The summed E-state index contributed by atoms with van der Waals surface area (Å²) in [6, 6.07) is 16.6. The molecule has 0 aliphatic rings. The van der Waals surface area contributed by atoms with E-state index in [4.69, 9.17) is 4.74 Å². The van der Waals surface area contributed by atoms with Crippen LogP contribution in [-0.2, 0) is 13.2 Å². The molecule has 2 heteroatoms. The fraction of sp³-hybridized carbons (Fsp3) is 0.263. The van der Waals surface area contributed by atoms with Gasteiger partial charge in [0.2, 0.25) is 0 Å².